The van der Waals surface area contributed by atoms with Crippen LogP contribution in [0.5, 0.6) is 0 Å². The van der Waals surface area contributed by atoms with Gasteiger partial charge in [-0.2, -0.15) is 4.39 Å². The van der Waals surface area contributed by atoms with E-state index in [1.165, 1.54) is 6.92 Å². The zero-order chi connectivity index (χ0) is 11.0. The molecule has 0 bridgehead atoms. The van der Waals surface area contributed by atoms with Crippen LogP contribution in [0.3, 0.4) is 0 Å². The summed E-state index contributed by atoms with van der Waals surface area (Å²) in [6, 6.07) is 0. The largest absolute Gasteiger partial charge is 0.478 e. The van der Waals surface area contributed by atoms with Crippen LogP contribution in [-0.2, 0) is 9.59 Å². The van der Waals surface area contributed by atoms with Crippen LogP contribution in [0, 0.1) is 0 Å². The molecule has 0 unspecified atom stereocenters. The molecule has 0 aliphatic heterocycles. The molecule has 0 aromatic heterocycles. The number of carboxylic acid groups (broad SMARTS) is 2. The lowest BCUT2D eigenvalue weighted by atomic mass is 10.4. The second-order valence-electron chi connectivity index (χ2n) is 1.81. The Morgan fingerprint density at radius 2 is 1.62 bits per heavy atom. The van der Waals surface area contributed by atoms with Crippen molar-refractivity contribution >= 4 is 11.9 Å². The van der Waals surface area contributed by atoms with Gasteiger partial charge in [0.05, 0.1) is 11.9 Å². The fraction of sp³-hybridized carbons (Fsp3) is 0.143. The Bertz CT molecular complexity index is 233. The van der Waals surface area contributed by atoms with Crippen molar-refractivity contribution in [3.63, 3.8) is 0 Å². The number of hydrogen-bond donors (Lipinski definition) is 2. The van der Waals surface area contributed by atoms with Crippen LogP contribution in [-0.4, -0.2) is 22.2 Å². The molecule has 0 rings (SSSR count). The minimum absolute atomic E-state index is 0.0579. The van der Waals surface area contributed by atoms with Crippen LogP contribution in [0.4, 0.5) is 8.78 Å². The van der Waals surface area contributed by atoms with E-state index in [4.69, 9.17) is 10.2 Å². The van der Waals surface area contributed by atoms with E-state index in [0.29, 0.717) is 0 Å². The van der Waals surface area contributed by atoms with Gasteiger partial charge in [0.25, 0.3) is 0 Å². The first kappa shape index (κ1) is 13.8. The topological polar surface area (TPSA) is 74.6 Å². The fourth-order valence-corrected chi connectivity index (χ4v) is 0.0467. The number of carboxylic acids is 2. The van der Waals surface area contributed by atoms with Crippen molar-refractivity contribution in [3.8, 4) is 0 Å². The maximum absolute atomic E-state index is 11.1. The van der Waals surface area contributed by atoms with Gasteiger partial charge >= 0.3 is 11.9 Å². The molecule has 2 N–H and O–H groups in total. The molecule has 0 aliphatic carbocycles. The summed E-state index contributed by atoms with van der Waals surface area (Å²) in [6.07, 6.45) is 0.0579. The molecule has 0 aliphatic rings. The Labute approximate surface area is 72.8 Å². The third-order valence-corrected chi connectivity index (χ3v) is 0.733. The van der Waals surface area contributed by atoms with Crippen LogP contribution in [0.15, 0.2) is 24.3 Å². The number of halogens is 2. The van der Waals surface area contributed by atoms with Crippen LogP contribution in [0.2, 0.25) is 0 Å². The van der Waals surface area contributed by atoms with Crippen molar-refractivity contribution in [1.29, 1.82) is 0 Å². The van der Waals surface area contributed by atoms with E-state index < -0.39 is 17.8 Å². The molecule has 4 nitrogen and oxygen atoms in total. The van der Waals surface area contributed by atoms with Gasteiger partial charge in [0, 0.05) is 0 Å². The molecule has 0 saturated heterocycles. The molecule has 74 valence electrons. The second kappa shape index (κ2) is 6.96. The quantitative estimate of drug-likeness (QED) is 0.653. The summed E-state index contributed by atoms with van der Waals surface area (Å²) in [7, 11) is 0. The van der Waals surface area contributed by atoms with E-state index in [2.05, 4.69) is 6.58 Å². The van der Waals surface area contributed by atoms with E-state index in [1.807, 2.05) is 0 Å². The zero-order valence-electron chi connectivity index (χ0n) is 6.75. The minimum atomic E-state index is -1.60. The van der Waals surface area contributed by atoms with E-state index in [9.17, 15) is 18.4 Å². The summed E-state index contributed by atoms with van der Waals surface area (Å²) >= 11 is 0. The summed E-state index contributed by atoms with van der Waals surface area (Å²) in [5.41, 5.74) is -0.278. The van der Waals surface area contributed by atoms with E-state index in [1.54, 1.807) is 0 Å². The molecule has 0 spiro atoms. The van der Waals surface area contributed by atoms with Gasteiger partial charge in [-0.25, -0.2) is 14.0 Å². The SMILES string of the molecule is C=C(F)C(=O)O.CC(=CF)C(=O)O. The molecule has 13 heavy (non-hydrogen) atoms. The zero-order valence-corrected chi connectivity index (χ0v) is 6.75. The second-order valence-corrected chi connectivity index (χ2v) is 1.81. The first-order valence-corrected chi connectivity index (χ1v) is 2.90. The van der Waals surface area contributed by atoms with Gasteiger partial charge < -0.3 is 10.2 Å². The van der Waals surface area contributed by atoms with Crippen molar-refractivity contribution in [2.24, 2.45) is 0 Å². The van der Waals surface area contributed by atoms with Gasteiger partial charge in [-0.05, 0) is 6.92 Å². The number of hydrogen-bond acceptors (Lipinski definition) is 2. The average molecular weight is 194 g/mol. The molecule has 0 atom stereocenters. The molecule has 0 fully saturated rings. The standard InChI is InChI=1S/C4H5FO2.C3H3FO2/c1-3(2-5)4(6)7;1-2(4)3(5)6/h2H,1H3,(H,6,7);1H2,(H,5,6). The first-order chi connectivity index (χ1) is 5.82. The number of rotatable bonds is 2. The lowest BCUT2D eigenvalue weighted by molar-refractivity contribution is -0.134. The molecule has 0 aromatic rings. The molecular formula is C7H8F2O4. The average Bonchev–Trinajstić information content (AvgIpc) is 2.03. The van der Waals surface area contributed by atoms with E-state index >= 15 is 0 Å². The van der Waals surface area contributed by atoms with Crippen molar-refractivity contribution in [3.05, 3.63) is 24.3 Å². The highest BCUT2D eigenvalue weighted by atomic mass is 19.1. The summed E-state index contributed by atoms with van der Waals surface area (Å²) in [4.78, 5) is 18.8. The molecule has 6 heteroatoms. The Morgan fingerprint density at radius 1 is 1.31 bits per heavy atom. The summed E-state index contributed by atoms with van der Waals surface area (Å²) < 4.78 is 22.1. The number of carbonyl (C=O) groups is 2. The predicted octanol–water partition coefficient (Wildman–Crippen LogP) is 1.50. The Balaban J connectivity index is 0. The Kier molecular flexibility index (Phi) is 7.41. The highest BCUT2D eigenvalue weighted by Crippen LogP contribution is 1.89. The van der Waals surface area contributed by atoms with Gasteiger partial charge in [-0.3, -0.25) is 0 Å². The smallest absolute Gasteiger partial charge is 0.364 e. The third kappa shape index (κ3) is 10.3. The predicted molar refractivity (Wildman–Crippen MR) is 40.4 cm³/mol. The van der Waals surface area contributed by atoms with Crippen molar-refractivity contribution < 1.29 is 28.6 Å². The maximum atomic E-state index is 11.1. The van der Waals surface area contributed by atoms with Crippen LogP contribution in [0.1, 0.15) is 6.92 Å². The fourth-order valence-electron chi connectivity index (χ4n) is 0.0467. The highest BCUT2D eigenvalue weighted by molar-refractivity contribution is 5.85. The molecule has 0 radical (unpaired) electrons. The normalized spacial score (nSPS) is 9.62. The molecule has 0 amide bonds. The summed E-state index contributed by atoms with van der Waals surface area (Å²) in [5, 5.41) is 15.4. The monoisotopic (exact) mass is 194 g/mol. The van der Waals surface area contributed by atoms with Crippen LogP contribution >= 0.6 is 0 Å². The van der Waals surface area contributed by atoms with Crippen molar-refractivity contribution in [2.75, 3.05) is 0 Å². The summed E-state index contributed by atoms with van der Waals surface area (Å²) in [5.74, 6) is -4.15. The molecular weight excluding hydrogens is 186 g/mol. The van der Waals surface area contributed by atoms with Crippen LogP contribution < -0.4 is 0 Å². The lowest BCUT2D eigenvalue weighted by Gasteiger charge is -1.81. The van der Waals surface area contributed by atoms with Crippen molar-refractivity contribution in [1.82, 2.24) is 0 Å². The highest BCUT2D eigenvalue weighted by Gasteiger charge is 1.96. The maximum Gasteiger partial charge on any atom is 0.364 e. The van der Waals surface area contributed by atoms with Gasteiger partial charge in [-0.1, -0.05) is 6.58 Å². The Morgan fingerprint density at radius 3 is 1.62 bits per heavy atom. The molecule has 0 heterocycles. The third-order valence-electron chi connectivity index (χ3n) is 0.733. The van der Waals surface area contributed by atoms with E-state index in [-0.39, 0.29) is 11.9 Å². The van der Waals surface area contributed by atoms with E-state index in [0.717, 1.165) is 0 Å². The number of aliphatic carboxylic acids is 2. The van der Waals surface area contributed by atoms with Crippen LogP contribution in [0.25, 0.3) is 0 Å². The minimum Gasteiger partial charge on any atom is -0.478 e. The van der Waals surface area contributed by atoms with Gasteiger partial charge in [-0.15, -0.1) is 0 Å². The summed E-state index contributed by atoms with van der Waals surface area (Å²) in [6.45, 7) is 3.67. The first-order valence-electron chi connectivity index (χ1n) is 2.90. The molecule has 0 aromatic carbocycles. The lowest BCUT2D eigenvalue weighted by Crippen LogP contribution is -1.93. The molecule has 0 saturated carbocycles. The van der Waals surface area contributed by atoms with Gasteiger partial charge in [0.15, 0.2) is 0 Å². The van der Waals surface area contributed by atoms with Gasteiger partial charge in [0.2, 0.25) is 5.83 Å². The Hall–Kier alpha value is -1.72. The van der Waals surface area contributed by atoms with Gasteiger partial charge in [0.1, 0.15) is 0 Å². The van der Waals surface area contributed by atoms with Crippen molar-refractivity contribution in [2.45, 2.75) is 6.92 Å².